The average Bonchev–Trinajstić information content (AvgIpc) is 2.61. The van der Waals surface area contributed by atoms with Gasteiger partial charge in [0.05, 0.1) is 10.9 Å². The SMILES string of the molecule is Cc1ccc(/C=C/C2CCCC(=O)N2S(=O)(=O)c2ccc(C)cc2)cc1. The van der Waals surface area contributed by atoms with E-state index in [0.717, 1.165) is 15.4 Å². The zero-order valence-electron chi connectivity index (χ0n) is 15.1. The van der Waals surface area contributed by atoms with E-state index >= 15 is 0 Å². The second-order valence-electron chi connectivity index (χ2n) is 6.74. The van der Waals surface area contributed by atoms with Crippen LogP contribution in [-0.4, -0.2) is 24.7 Å². The minimum Gasteiger partial charge on any atom is -0.274 e. The number of nitrogens with zero attached hydrogens (tertiary/aromatic N) is 1. The monoisotopic (exact) mass is 369 g/mol. The van der Waals surface area contributed by atoms with E-state index in [9.17, 15) is 13.2 Å². The molecule has 0 aliphatic carbocycles. The van der Waals surface area contributed by atoms with Gasteiger partial charge in [-0.3, -0.25) is 4.79 Å². The predicted molar refractivity (Wildman–Crippen MR) is 103 cm³/mol. The minimum atomic E-state index is -3.86. The van der Waals surface area contributed by atoms with Crippen LogP contribution in [0.2, 0.25) is 0 Å². The third kappa shape index (κ3) is 3.88. The largest absolute Gasteiger partial charge is 0.274 e. The van der Waals surface area contributed by atoms with Crippen LogP contribution in [0.15, 0.2) is 59.5 Å². The van der Waals surface area contributed by atoms with Gasteiger partial charge in [0.1, 0.15) is 0 Å². The second kappa shape index (κ2) is 7.46. The number of piperidine rings is 1. The van der Waals surface area contributed by atoms with Crippen LogP contribution in [0.4, 0.5) is 0 Å². The van der Waals surface area contributed by atoms with Gasteiger partial charge in [0.2, 0.25) is 5.91 Å². The molecule has 1 aliphatic rings. The van der Waals surface area contributed by atoms with E-state index in [1.807, 2.05) is 50.3 Å². The fraction of sp³-hybridized carbons (Fsp3) is 0.286. The highest BCUT2D eigenvalue weighted by Gasteiger charge is 2.36. The molecule has 0 saturated carbocycles. The van der Waals surface area contributed by atoms with Crippen LogP contribution >= 0.6 is 0 Å². The Morgan fingerprint density at radius 1 is 0.962 bits per heavy atom. The van der Waals surface area contributed by atoms with Crippen molar-refractivity contribution in [3.63, 3.8) is 0 Å². The summed E-state index contributed by atoms with van der Waals surface area (Å²) in [5.41, 5.74) is 3.13. The number of benzene rings is 2. The predicted octanol–water partition coefficient (Wildman–Crippen LogP) is 4.09. The Labute approximate surface area is 155 Å². The molecule has 0 radical (unpaired) electrons. The Balaban J connectivity index is 1.92. The fourth-order valence-electron chi connectivity index (χ4n) is 3.09. The maximum atomic E-state index is 13.0. The number of aryl methyl sites for hydroxylation is 2. The van der Waals surface area contributed by atoms with E-state index in [-0.39, 0.29) is 17.2 Å². The van der Waals surface area contributed by atoms with Gasteiger partial charge in [-0.15, -0.1) is 0 Å². The summed E-state index contributed by atoms with van der Waals surface area (Å²) in [4.78, 5) is 12.6. The highest BCUT2D eigenvalue weighted by Crippen LogP contribution is 2.27. The first kappa shape index (κ1) is 18.4. The molecular formula is C21H23NO3S. The molecule has 1 atom stereocenters. The Kier molecular flexibility index (Phi) is 5.28. The summed E-state index contributed by atoms with van der Waals surface area (Å²) in [6.07, 6.45) is 5.31. The molecule has 5 heteroatoms. The molecule has 1 heterocycles. The van der Waals surface area contributed by atoms with Crippen LogP contribution in [-0.2, 0) is 14.8 Å². The van der Waals surface area contributed by atoms with Crippen LogP contribution in [0.5, 0.6) is 0 Å². The van der Waals surface area contributed by atoms with Crippen molar-refractivity contribution in [3.05, 3.63) is 71.3 Å². The second-order valence-corrected chi connectivity index (χ2v) is 8.55. The molecule has 1 saturated heterocycles. The standard InChI is InChI=1S/C21H23NO3S/c1-16-6-10-18(11-7-16)12-13-19-4-3-5-21(23)22(19)26(24,25)20-14-8-17(2)9-15-20/h6-15,19H,3-5H2,1-2H3/b13-12+. The molecule has 26 heavy (non-hydrogen) atoms. The van der Waals surface area contributed by atoms with Crippen molar-refractivity contribution in [3.8, 4) is 0 Å². The summed E-state index contributed by atoms with van der Waals surface area (Å²) >= 11 is 0. The molecule has 2 aromatic rings. The van der Waals surface area contributed by atoms with E-state index in [1.165, 1.54) is 5.56 Å². The van der Waals surface area contributed by atoms with Crippen LogP contribution in [0.1, 0.15) is 36.0 Å². The van der Waals surface area contributed by atoms with Crippen molar-refractivity contribution in [2.75, 3.05) is 0 Å². The van der Waals surface area contributed by atoms with Gasteiger partial charge in [-0.25, -0.2) is 12.7 Å². The lowest BCUT2D eigenvalue weighted by Crippen LogP contribution is -2.46. The highest BCUT2D eigenvalue weighted by molar-refractivity contribution is 7.89. The van der Waals surface area contributed by atoms with Crippen molar-refractivity contribution in [2.24, 2.45) is 0 Å². The van der Waals surface area contributed by atoms with Crippen LogP contribution in [0.3, 0.4) is 0 Å². The molecule has 0 bridgehead atoms. The lowest BCUT2D eigenvalue weighted by molar-refractivity contribution is -0.129. The Hall–Kier alpha value is -2.40. The zero-order chi connectivity index (χ0) is 18.7. The average molecular weight is 369 g/mol. The van der Waals surface area contributed by atoms with E-state index in [2.05, 4.69) is 0 Å². The highest BCUT2D eigenvalue weighted by atomic mass is 32.2. The van der Waals surface area contributed by atoms with E-state index in [1.54, 1.807) is 24.3 Å². The molecular weight excluding hydrogens is 346 g/mol. The van der Waals surface area contributed by atoms with Crippen molar-refractivity contribution < 1.29 is 13.2 Å². The van der Waals surface area contributed by atoms with Gasteiger partial charge < -0.3 is 0 Å². The lowest BCUT2D eigenvalue weighted by Gasteiger charge is -2.33. The molecule has 1 fully saturated rings. The van der Waals surface area contributed by atoms with Crippen molar-refractivity contribution in [1.82, 2.24) is 4.31 Å². The number of carbonyl (C=O) groups is 1. The smallest absolute Gasteiger partial charge is 0.267 e. The number of rotatable bonds is 4. The maximum absolute atomic E-state index is 13.0. The third-order valence-electron chi connectivity index (χ3n) is 4.60. The quantitative estimate of drug-likeness (QED) is 0.816. The number of amides is 1. The van der Waals surface area contributed by atoms with Gasteiger partial charge in [-0.05, 0) is 44.4 Å². The van der Waals surface area contributed by atoms with Gasteiger partial charge in [-0.1, -0.05) is 59.7 Å². The van der Waals surface area contributed by atoms with Crippen LogP contribution in [0, 0.1) is 13.8 Å². The molecule has 0 spiro atoms. The number of sulfonamides is 1. The van der Waals surface area contributed by atoms with Crippen LogP contribution in [0.25, 0.3) is 6.08 Å². The number of hydrogen-bond donors (Lipinski definition) is 0. The zero-order valence-corrected chi connectivity index (χ0v) is 15.9. The van der Waals surface area contributed by atoms with Crippen molar-refractivity contribution in [1.29, 1.82) is 0 Å². The normalized spacial score (nSPS) is 18.5. The maximum Gasteiger partial charge on any atom is 0.267 e. The molecule has 1 aliphatic heterocycles. The first-order valence-electron chi connectivity index (χ1n) is 8.77. The summed E-state index contributed by atoms with van der Waals surface area (Å²) in [5.74, 6) is -0.338. The van der Waals surface area contributed by atoms with Gasteiger partial charge in [0.25, 0.3) is 10.0 Å². The van der Waals surface area contributed by atoms with E-state index in [4.69, 9.17) is 0 Å². The summed E-state index contributed by atoms with van der Waals surface area (Å²) < 4.78 is 27.2. The molecule has 1 unspecified atom stereocenters. The van der Waals surface area contributed by atoms with E-state index in [0.29, 0.717) is 12.8 Å². The topological polar surface area (TPSA) is 54.5 Å². The summed E-state index contributed by atoms with van der Waals surface area (Å²) in [6, 6.07) is 14.1. The molecule has 0 aromatic heterocycles. The lowest BCUT2D eigenvalue weighted by atomic mass is 10.0. The molecule has 0 N–H and O–H groups in total. The Bertz CT molecular complexity index is 913. The Morgan fingerprint density at radius 2 is 1.54 bits per heavy atom. The molecule has 4 nitrogen and oxygen atoms in total. The molecule has 1 amide bonds. The number of hydrogen-bond acceptors (Lipinski definition) is 3. The van der Waals surface area contributed by atoms with Gasteiger partial charge in [0.15, 0.2) is 0 Å². The third-order valence-corrected chi connectivity index (χ3v) is 6.46. The minimum absolute atomic E-state index is 0.159. The first-order chi connectivity index (χ1) is 12.4. The summed E-state index contributed by atoms with van der Waals surface area (Å²) in [7, 11) is -3.86. The molecule has 3 rings (SSSR count). The van der Waals surface area contributed by atoms with Gasteiger partial charge in [0, 0.05) is 6.42 Å². The van der Waals surface area contributed by atoms with Crippen molar-refractivity contribution >= 4 is 22.0 Å². The first-order valence-corrected chi connectivity index (χ1v) is 10.2. The van der Waals surface area contributed by atoms with Crippen LogP contribution < -0.4 is 0 Å². The fourth-order valence-corrected chi connectivity index (χ4v) is 4.68. The van der Waals surface area contributed by atoms with Crippen molar-refractivity contribution in [2.45, 2.75) is 44.0 Å². The molecule has 2 aromatic carbocycles. The summed E-state index contributed by atoms with van der Waals surface area (Å²) in [5, 5.41) is 0. The summed E-state index contributed by atoms with van der Waals surface area (Å²) in [6.45, 7) is 3.92. The van der Waals surface area contributed by atoms with E-state index < -0.39 is 16.1 Å². The molecule has 136 valence electrons. The number of carbonyl (C=O) groups excluding carboxylic acids is 1. The Morgan fingerprint density at radius 3 is 2.15 bits per heavy atom. The van der Waals surface area contributed by atoms with Gasteiger partial charge >= 0.3 is 0 Å². The van der Waals surface area contributed by atoms with Gasteiger partial charge in [-0.2, -0.15) is 0 Å².